The van der Waals surface area contributed by atoms with E-state index >= 15 is 0 Å². The fraction of sp³-hybridized carbons (Fsp3) is 0.250. The summed E-state index contributed by atoms with van der Waals surface area (Å²) >= 11 is 0. The van der Waals surface area contributed by atoms with E-state index in [0.717, 1.165) is 5.56 Å². The van der Waals surface area contributed by atoms with Gasteiger partial charge in [0.1, 0.15) is 0 Å². The van der Waals surface area contributed by atoms with E-state index in [1.54, 1.807) is 19.1 Å². The monoisotopic (exact) mass is 402 g/mol. The predicted octanol–water partition coefficient (Wildman–Crippen LogP) is 1.92. The number of nitrogens with one attached hydrogen (secondary N) is 1. The molecule has 2 amide bonds. The third-order valence-corrected chi connectivity index (χ3v) is 3.99. The van der Waals surface area contributed by atoms with Gasteiger partial charge in [0.05, 0.1) is 26.9 Å². The normalized spacial score (nSPS) is 10.1. The van der Waals surface area contributed by atoms with E-state index in [-0.39, 0.29) is 29.4 Å². The van der Waals surface area contributed by atoms with E-state index in [2.05, 4.69) is 5.32 Å². The topological polar surface area (TPSA) is 126 Å². The van der Waals surface area contributed by atoms with Crippen molar-refractivity contribution in [2.24, 2.45) is 5.73 Å². The first-order valence-electron chi connectivity index (χ1n) is 8.48. The Morgan fingerprint density at radius 2 is 1.59 bits per heavy atom. The van der Waals surface area contributed by atoms with Crippen molar-refractivity contribution < 1.29 is 33.3 Å². The molecule has 29 heavy (non-hydrogen) atoms. The van der Waals surface area contributed by atoms with Gasteiger partial charge in [-0.15, -0.1) is 0 Å². The van der Waals surface area contributed by atoms with Gasteiger partial charge in [-0.05, 0) is 36.8 Å². The van der Waals surface area contributed by atoms with Crippen LogP contribution in [0.3, 0.4) is 0 Å². The predicted molar refractivity (Wildman–Crippen MR) is 105 cm³/mol. The molecule has 0 aliphatic carbocycles. The zero-order chi connectivity index (χ0) is 21.6. The van der Waals surface area contributed by atoms with Gasteiger partial charge in [0.25, 0.3) is 11.8 Å². The minimum Gasteiger partial charge on any atom is -0.493 e. The van der Waals surface area contributed by atoms with Gasteiger partial charge in [0.2, 0.25) is 5.75 Å². The molecular weight excluding hydrogens is 380 g/mol. The lowest BCUT2D eigenvalue weighted by Crippen LogP contribution is -2.20. The van der Waals surface area contributed by atoms with Crippen molar-refractivity contribution in [1.29, 1.82) is 0 Å². The second kappa shape index (κ2) is 9.45. The highest BCUT2D eigenvalue weighted by Crippen LogP contribution is 2.38. The molecular formula is C20H22N2O7. The van der Waals surface area contributed by atoms with Crippen LogP contribution in [0.25, 0.3) is 0 Å². The maximum Gasteiger partial charge on any atom is 0.337 e. The van der Waals surface area contributed by atoms with Gasteiger partial charge >= 0.3 is 5.97 Å². The Balaban J connectivity index is 2.36. The van der Waals surface area contributed by atoms with Crippen LogP contribution in [0.2, 0.25) is 0 Å². The van der Waals surface area contributed by atoms with Crippen LogP contribution in [0.4, 0.5) is 5.69 Å². The van der Waals surface area contributed by atoms with Gasteiger partial charge in [0.15, 0.2) is 18.1 Å². The SMILES string of the molecule is COC(=O)c1ccc(C)c(NC(=O)c2cc(OC)c(OCC(N)=O)c(OC)c2)c1. The maximum absolute atomic E-state index is 12.8. The summed E-state index contributed by atoms with van der Waals surface area (Å²) in [6.45, 7) is 1.41. The third-order valence-electron chi connectivity index (χ3n) is 3.99. The van der Waals surface area contributed by atoms with Gasteiger partial charge in [-0.2, -0.15) is 0 Å². The molecule has 0 saturated heterocycles. The Kier molecular flexibility index (Phi) is 7.02. The third kappa shape index (κ3) is 5.16. The number of anilines is 1. The summed E-state index contributed by atoms with van der Waals surface area (Å²) in [6.07, 6.45) is 0. The minimum atomic E-state index is -0.670. The standard InChI is InChI=1S/C20H22N2O7/c1-11-5-6-12(20(25)28-4)7-14(11)22-19(24)13-8-15(26-2)18(16(9-13)27-3)29-10-17(21)23/h5-9H,10H2,1-4H3,(H2,21,23)(H,22,24). The fourth-order valence-electron chi connectivity index (χ4n) is 2.49. The number of aryl methyl sites for hydroxylation is 1. The molecule has 0 aromatic heterocycles. The molecule has 9 heteroatoms. The largest absolute Gasteiger partial charge is 0.493 e. The van der Waals surface area contributed by atoms with Gasteiger partial charge in [-0.25, -0.2) is 4.79 Å². The molecule has 2 aromatic carbocycles. The number of benzene rings is 2. The number of amides is 2. The first kappa shape index (κ1) is 21.5. The lowest BCUT2D eigenvalue weighted by molar-refractivity contribution is -0.120. The summed E-state index contributed by atoms with van der Waals surface area (Å²) in [5, 5.41) is 2.75. The maximum atomic E-state index is 12.8. The number of carbonyl (C=O) groups excluding carboxylic acids is 3. The molecule has 3 N–H and O–H groups in total. The zero-order valence-corrected chi connectivity index (χ0v) is 16.5. The summed E-state index contributed by atoms with van der Waals surface area (Å²) in [7, 11) is 4.05. The van der Waals surface area contributed by atoms with Crippen LogP contribution in [-0.2, 0) is 9.53 Å². The number of hydrogen-bond donors (Lipinski definition) is 2. The minimum absolute atomic E-state index is 0.147. The van der Waals surface area contributed by atoms with E-state index in [4.69, 9.17) is 24.7 Å². The molecule has 2 rings (SSSR count). The average Bonchev–Trinajstić information content (AvgIpc) is 2.72. The number of nitrogens with two attached hydrogens (primary N) is 1. The fourth-order valence-corrected chi connectivity index (χ4v) is 2.49. The Hall–Kier alpha value is -3.75. The Bertz CT molecular complexity index is 915. The summed E-state index contributed by atoms with van der Waals surface area (Å²) in [5.41, 5.74) is 6.83. The number of esters is 1. The van der Waals surface area contributed by atoms with Crippen molar-refractivity contribution in [3.63, 3.8) is 0 Å². The molecule has 0 fully saturated rings. The Morgan fingerprint density at radius 1 is 0.966 bits per heavy atom. The summed E-state index contributed by atoms with van der Waals surface area (Å²) in [5.74, 6) is -1.12. The molecule has 0 bridgehead atoms. The highest BCUT2D eigenvalue weighted by molar-refractivity contribution is 6.06. The molecule has 0 unspecified atom stereocenters. The number of carbonyl (C=O) groups is 3. The molecule has 0 aliphatic heterocycles. The lowest BCUT2D eigenvalue weighted by atomic mass is 10.1. The van der Waals surface area contributed by atoms with Crippen molar-refractivity contribution in [2.45, 2.75) is 6.92 Å². The van der Waals surface area contributed by atoms with Crippen LogP contribution >= 0.6 is 0 Å². The Labute approximate surface area is 167 Å². The smallest absolute Gasteiger partial charge is 0.337 e. The number of ether oxygens (including phenoxy) is 4. The number of hydrogen-bond acceptors (Lipinski definition) is 7. The van der Waals surface area contributed by atoms with Gasteiger partial charge in [0, 0.05) is 11.3 Å². The van der Waals surface area contributed by atoms with Gasteiger partial charge < -0.3 is 30.0 Å². The molecule has 0 atom stereocenters. The van der Waals surface area contributed by atoms with Crippen molar-refractivity contribution in [3.8, 4) is 17.2 Å². The van der Waals surface area contributed by atoms with Gasteiger partial charge in [-0.3, -0.25) is 9.59 Å². The van der Waals surface area contributed by atoms with Gasteiger partial charge in [-0.1, -0.05) is 6.07 Å². The first-order chi connectivity index (χ1) is 13.8. The average molecular weight is 402 g/mol. The van der Waals surface area contributed by atoms with Crippen LogP contribution in [0, 0.1) is 6.92 Å². The zero-order valence-electron chi connectivity index (χ0n) is 16.5. The van der Waals surface area contributed by atoms with Crippen molar-refractivity contribution >= 4 is 23.5 Å². The quantitative estimate of drug-likeness (QED) is 0.646. The van der Waals surface area contributed by atoms with E-state index in [1.165, 1.54) is 39.5 Å². The first-order valence-corrected chi connectivity index (χ1v) is 8.48. The summed E-state index contributed by atoms with van der Waals surface area (Å²) in [4.78, 5) is 35.5. The molecule has 154 valence electrons. The summed E-state index contributed by atoms with van der Waals surface area (Å²) in [6, 6.07) is 7.71. The molecule has 0 heterocycles. The molecule has 0 radical (unpaired) electrons. The molecule has 9 nitrogen and oxygen atoms in total. The summed E-state index contributed by atoms with van der Waals surface area (Å²) < 4.78 is 20.5. The Morgan fingerprint density at radius 3 is 2.10 bits per heavy atom. The van der Waals surface area contributed by atoms with E-state index in [0.29, 0.717) is 11.3 Å². The van der Waals surface area contributed by atoms with Crippen LogP contribution in [-0.4, -0.2) is 45.7 Å². The molecule has 0 aliphatic rings. The molecule has 0 saturated carbocycles. The van der Waals surface area contributed by atoms with E-state index in [9.17, 15) is 14.4 Å². The van der Waals surface area contributed by atoms with E-state index < -0.39 is 17.8 Å². The lowest BCUT2D eigenvalue weighted by Gasteiger charge is -2.16. The second-order valence-corrected chi connectivity index (χ2v) is 5.94. The van der Waals surface area contributed by atoms with Crippen LogP contribution in [0.5, 0.6) is 17.2 Å². The van der Waals surface area contributed by atoms with E-state index in [1.807, 2.05) is 0 Å². The second-order valence-electron chi connectivity index (χ2n) is 5.94. The van der Waals surface area contributed by atoms with Crippen molar-refractivity contribution in [3.05, 3.63) is 47.0 Å². The van der Waals surface area contributed by atoms with Crippen molar-refractivity contribution in [2.75, 3.05) is 33.3 Å². The highest BCUT2D eigenvalue weighted by atomic mass is 16.5. The number of rotatable bonds is 8. The van der Waals surface area contributed by atoms with Crippen LogP contribution < -0.4 is 25.3 Å². The van der Waals surface area contributed by atoms with Crippen molar-refractivity contribution in [1.82, 2.24) is 0 Å². The van der Waals surface area contributed by atoms with Crippen LogP contribution in [0.15, 0.2) is 30.3 Å². The number of primary amides is 1. The number of methoxy groups -OCH3 is 3. The van der Waals surface area contributed by atoms with Crippen LogP contribution in [0.1, 0.15) is 26.3 Å². The molecule has 0 spiro atoms. The highest BCUT2D eigenvalue weighted by Gasteiger charge is 2.19. The molecule has 2 aromatic rings.